The van der Waals surface area contributed by atoms with Crippen LogP contribution in [0.4, 0.5) is 5.82 Å². The van der Waals surface area contributed by atoms with Gasteiger partial charge in [-0.25, -0.2) is 4.98 Å². The third-order valence-corrected chi connectivity index (χ3v) is 3.42. The van der Waals surface area contributed by atoms with E-state index < -0.39 is 5.91 Å². The van der Waals surface area contributed by atoms with Gasteiger partial charge in [0.1, 0.15) is 5.82 Å². The van der Waals surface area contributed by atoms with E-state index in [4.69, 9.17) is 5.73 Å². The first kappa shape index (κ1) is 12.9. The fourth-order valence-electron chi connectivity index (χ4n) is 2.18. The Labute approximate surface area is 117 Å². The van der Waals surface area contributed by atoms with Crippen molar-refractivity contribution in [2.24, 2.45) is 5.73 Å². The van der Waals surface area contributed by atoms with Crippen molar-refractivity contribution in [1.29, 1.82) is 0 Å². The molecule has 2 aromatic rings. The highest BCUT2D eigenvalue weighted by molar-refractivity contribution is 6.01. The summed E-state index contributed by atoms with van der Waals surface area (Å²) in [4.78, 5) is 16.0. The number of carbonyl (C=O) groups excluding carboxylic acids is 1. The summed E-state index contributed by atoms with van der Waals surface area (Å²) in [6.07, 6.45) is 2.53. The molecule has 1 aromatic carbocycles. The first-order valence-corrected chi connectivity index (χ1v) is 6.91. The number of nitrogens with two attached hydrogens (primary N) is 1. The van der Waals surface area contributed by atoms with Gasteiger partial charge in [0.15, 0.2) is 0 Å². The number of primary amides is 1. The number of anilines is 1. The number of amides is 1. The van der Waals surface area contributed by atoms with Crippen LogP contribution in [0.25, 0.3) is 10.9 Å². The van der Waals surface area contributed by atoms with Gasteiger partial charge >= 0.3 is 0 Å². The standard InChI is InChI=1S/C15H18N4O/c16-14(20)12-9-10-3-1-2-4-13(10)19-15(12)18-8-7-17-11-5-6-11/h1-4,9,11,17H,5-8H2,(H2,16,20)(H,18,19). The lowest BCUT2D eigenvalue weighted by molar-refractivity contribution is 0.100. The van der Waals surface area contributed by atoms with Crippen LogP contribution in [0.15, 0.2) is 30.3 Å². The van der Waals surface area contributed by atoms with E-state index in [1.807, 2.05) is 24.3 Å². The predicted molar refractivity (Wildman–Crippen MR) is 79.8 cm³/mol. The third-order valence-electron chi connectivity index (χ3n) is 3.42. The number of benzene rings is 1. The van der Waals surface area contributed by atoms with Crippen molar-refractivity contribution in [3.05, 3.63) is 35.9 Å². The third kappa shape index (κ3) is 2.88. The van der Waals surface area contributed by atoms with Gasteiger partial charge in [0.2, 0.25) is 0 Å². The summed E-state index contributed by atoms with van der Waals surface area (Å²) < 4.78 is 0. The molecule has 104 valence electrons. The van der Waals surface area contributed by atoms with Crippen molar-refractivity contribution in [3.63, 3.8) is 0 Å². The van der Waals surface area contributed by atoms with Gasteiger partial charge in [-0.1, -0.05) is 18.2 Å². The minimum absolute atomic E-state index is 0.440. The molecule has 5 heteroatoms. The lowest BCUT2D eigenvalue weighted by Crippen LogP contribution is -2.25. The molecular weight excluding hydrogens is 252 g/mol. The molecule has 0 saturated heterocycles. The topological polar surface area (TPSA) is 80.0 Å². The quantitative estimate of drug-likeness (QED) is 0.695. The molecule has 1 saturated carbocycles. The number of hydrogen-bond donors (Lipinski definition) is 3. The van der Waals surface area contributed by atoms with Gasteiger partial charge in [-0.15, -0.1) is 0 Å². The number of aromatic nitrogens is 1. The number of hydrogen-bond acceptors (Lipinski definition) is 4. The number of pyridine rings is 1. The molecule has 0 bridgehead atoms. The molecule has 0 unspecified atom stereocenters. The van der Waals surface area contributed by atoms with Crippen molar-refractivity contribution >= 4 is 22.6 Å². The van der Waals surface area contributed by atoms with Crippen LogP contribution < -0.4 is 16.4 Å². The summed E-state index contributed by atoms with van der Waals surface area (Å²) in [6, 6.07) is 10.2. The maximum atomic E-state index is 11.5. The van der Waals surface area contributed by atoms with Crippen LogP contribution in [0, 0.1) is 0 Å². The number of nitrogens with zero attached hydrogens (tertiary/aromatic N) is 1. The molecule has 3 rings (SSSR count). The van der Waals surface area contributed by atoms with Crippen molar-refractivity contribution in [2.45, 2.75) is 18.9 Å². The van der Waals surface area contributed by atoms with E-state index in [1.165, 1.54) is 12.8 Å². The molecule has 20 heavy (non-hydrogen) atoms. The summed E-state index contributed by atoms with van der Waals surface area (Å²) in [6.45, 7) is 1.58. The lowest BCUT2D eigenvalue weighted by Gasteiger charge is -2.11. The Bertz CT molecular complexity index is 637. The molecule has 1 aliphatic carbocycles. The fraction of sp³-hybridized carbons (Fsp3) is 0.333. The average Bonchev–Trinajstić information content (AvgIpc) is 3.26. The Kier molecular flexibility index (Phi) is 3.52. The molecule has 0 radical (unpaired) electrons. The monoisotopic (exact) mass is 270 g/mol. The first-order valence-electron chi connectivity index (χ1n) is 6.91. The fourth-order valence-corrected chi connectivity index (χ4v) is 2.18. The van der Waals surface area contributed by atoms with Gasteiger partial charge < -0.3 is 16.4 Å². The zero-order valence-electron chi connectivity index (χ0n) is 11.2. The maximum Gasteiger partial charge on any atom is 0.252 e. The lowest BCUT2D eigenvalue weighted by atomic mass is 10.1. The summed E-state index contributed by atoms with van der Waals surface area (Å²) in [5.41, 5.74) is 6.73. The van der Waals surface area contributed by atoms with Gasteiger partial charge in [0.05, 0.1) is 11.1 Å². The van der Waals surface area contributed by atoms with Gasteiger partial charge in [0, 0.05) is 24.5 Å². The SMILES string of the molecule is NC(=O)c1cc2ccccc2nc1NCCNC1CC1. The molecule has 1 fully saturated rings. The zero-order valence-corrected chi connectivity index (χ0v) is 11.2. The Morgan fingerprint density at radius 1 is 1.30 bits per heavy atom. The molecule has 1 amide bonds. The second-order valence-electron chi connectivity index (χ2n) is 5.10. The Morgan fingerprint density at radius 3 is 2.85 bits per heavy atom. The predicted octanol–water partition coefficient (Wildman–Crippen LogP) is 1.50. The minimum Gasteiger partial charge on any atom is -0.368 e. The highest BCUT2D eigenvalue weighted by Gasteiger charge is 2.19. The molecule has 0 aliphatic heterocycles. The number of para-hydroxylation sites is 1. The number of nitrogens with one attached hydrogen (secondary N) is 2. The van der Waals surface area contributed by atoms with Crippen molar-refractivity contribution in [2.75, 3.05) is 18.4 Å². The van der Waals surface area contributed by atoms with E-state index >= 15 is 0 Å². The van der Waals surface area contributed by atoms with Crippen molar-refractivity contribution in [1.82, 2.24) is 10.3 Å². The average molecular weight is 270 g/mol. The van der Waals surface area contributed by atoms with Crippen molar-refractivity contribution in [3.8, 4) is 0 Å². The molecular formula is C15H18N4O. The largest absolute Gasteiger partial charge is 0.368 e. The van der Waals surface area contributed by atoms with Gasteiger partial charge in [0.25, 0.3) is 5.91 Å². The van der Waals surface area contributed by atoms with Crippen LogP contribution in [-0.4, -0.2) is 30.0 Å². The normalized spacial score (nSPS) is 14.4. The molecule has 1 aliphatic rings. The Morgan fingerprint density at radius 2 is 2.10 bits per heavy atom. The van der Waals surface area contributed by atoms with E-state index in [1.54, 1.807) is 6.07 Å². The molecule has 5 nitrogen and oxygen atoms in total. The molecule has 0 spiro atoms. The molecule has 1 heterocycles. The molecule has 0 atom stereocenters. The van der Waals surface area contributed by atoms with Gasteiger partial charge in [-0.3, -0.25) is 4.79 Å². The van der Waals surface area contributed by atoms with Crippen LogP contribution in [-0.2, 0) is 0 Å². The molecule has 1 aromatic heterocycles. The van der Waals surface area contributed by atoms with E-state index in [9.17, 15) is 4.79 Å². The van der Waals surface area contributed by atoms with Crippen LogP contribution >= 0.6 is 0 Å². The van der Waals surface area contributed by atoms with Crippen LogP contribution in [0.2, 0.25) is 0 Å². The van der Waals surface area contributed by atoms with E-state index in [0.717, 1.165) is 24.0 Å². The summed E-state index contributed by atoms with van der Waals surface area (Å²) in [5.74, 6) is 0.106. The zero-order chi connectivity index (χ0) is 13.9. The van der Waals surface area contributed by atoms with Gasteiger partial charge in [-0.05, 0) is 25.0 Å². The van der Waals surface area contributed by atoms with E-state index in [2.05, 4.69) is 15.6 Å². The second kappa shape index (κ2) is 5.46. The van der Waals surface area contributed by atoms with Gasteiger partial charge in [-0.2, -0.15) is 0 Å². The van der Waals surface area contributed by atoms with Crippen molar-refractivity contribution < 1.29 is 4.79 Å². The highest BCUT2D eigenvalue weighted by atomic mass is 16.1. The molecule has 4 N–H and O–H groups in total. The number of fused-ring (bicyclic) bond motifs is 1. The van der Waals surface area contributed by atoms with Crippen LogP contribution in [0.5, 0.6) is 0 Å². The Balaban J connectivity index is 1.78. The summed E-state index contributed by atoms with van der Waals surface area (Å²) in [7, 11) is 0. The number of carbonyl (C=O) groups is 1. The maximum absolute atomic E-state index is 11.5. The Hall–Kier alpha value is -2.14. The first-order chi connectivity index (χ1) is 9.74. The minimum atomic E-state index is -0.457. The second-order valence-corrected chi connectivity index (χ2v) is 5.10. The highest BCUT2D eigenvalue weighted by Crippen LogP contribution is 2.20. The smallest absolute Gasteiger partial charge is 0.252 e. The van der Waals surface area contributed by atoms with E-state index in [-0.39, 0.29) is 0 Å². The summed E-state index contributed by atoms with van der Waals surface area (Å²) in [5, 5.41) is 7.52. The summed E-state index contributed by atoms with van der Waals surface area (Å²) >= 11 is 0. The number of rotatable bonds is 6. The van der Waals surface area contributed by atoms with Crippen LogP contribution in [0.3, 0.4) is 0 Å². The van der Waals surface area contributed by atoms with Crippen LogP contribution in [0.1, 0.15) is 23.2 Å². The van der Waals surface area contributed by atoms with E-state index in [0.29, 0.717) is 17.4 Å².